The summed E-state index contributed by atoms with van der Waals surface area (Å²) in [7, 11) is 0. The highest BCUT2D eigenvalue weighted by molar-refractivity contribution is 5.71. The van der Waals surface area contributed by atoms with E-state index in [0.29, 0.717) is 36.2 Å². The number of aromatic nitrogens is 3. The van der Waals surface area contributed by atoms with Gasteiger partial charge >= 0.3 is 0 Å². The van der Waals surface area contributed by atoms with E-state index in [1.54, 1.807) is 0 Å². The largest absolute Gasteiger partial charge is 0.489 e. The average Bonchev–Trinajstić information content (AvgIpc) is 3.18. The molecule has 28 heavy (non-hydrogen) atoms. The minimum Gasteiger partial charge on any atom is -0.489 e. The van der Waals surface area contributed by atoms with E-state index >= 15 is 0 Å². The molecule has 1 heterocycles. The lowest BCUT2D eigenvalue weighted by atomic mass is 10.1. The molecule has 0 atom stereocenters. The summed E-state index contributed by atoms with van der Waals surface area (Å²) in [5, 5.41) is 10.6. The van der Waals surface area contributed by atoms with Gasteiger partial charge in [0.05, 0.1) is 0 Å². The number of nitrogens with zero attached hydrogens (tertiary/aromatic N) is 2. The number of H-pyrrole nitrogens is 1. The van der Waals surface area contributed by atoms with E-state index in [0.717, 1.165) is 16.7 Å². The standard InChI is InChI=1S/C22H20N4O2/c23-22-21(24-26-25-22)18-11-19(27-14-16-7-3-1-4-8-16)13-20(12-18)28-15-17-9-5-2-6-10-17/h1-13H,14-15H2,(H3,23,24,25,26). The molecule has 0 radical (unpaired) electrons. The van der Waals surface area contributed by atoms with Gasteiger partial charge in [0.25, 0.3) is 0 Å². The Balaban J connectivity index is 1.58. The molecule has 4 rings (SSSR count). The number of aromatic amines is 1. The SMILES string of the molecule is Nc1n[nH]nc1-c1cc(OCc2ccccc2)cc(OCc2ccccc2)c1. The molecule has 3 aromatic carbocycles. The summed E-state index contributed by atoms with van der Waals surface area (Å²) in [5.41, 5.74) is 9.43. The molecule has 3 N–H and O–H groups in total. The second kappa shape index (κ2) is 8.26. The van der Waals surface area contributed by atoms with Gasteiger partial charge in [0.2, 0.25) is 0 Å². The molecular formula is C22H20N4O2. The molecule has 1 aromatic heterocycles. The Morgan fingerprint density at radius 3 is 1.71 bits per heavy atom. The molecule has 0 bridgehead atoms. The smallest absolute Gasteiger partial charge is 0.173 e. The van der Waals surface area contributed by atoms with Crippen LogP contribution < -0.4 is 15.2 Å². The van der Waals surface area contributed by atoms with E-state index in [1.165, 1.54) is 0 Å². The number of ether oxygens (including phenoxy) is 2. The van der Waals surface area contributed by atoms with Crippen LogP contribution in [0.5, 0.6) is 11.5 Å². The van der Waals surface area contributed by atoms with E-state index in [9.17, 15) is 0 Å². The number of rotatable bonds is 7. The summed E-state index contributed by atoms with van der Waals surface area (Å²) in [6.45, 7) is 0.910. The van der Waals surface area contributed by atoms with Crippen LogP contribution in [0.4, 0.5) is 5.82 Å². The topological polar surface area (TPSA) is 86.1 Å². The van der Waals surface area contributed by atoms with Crippen molar-refractivity contribution in [3.05, 3.63) is 90.0 Å². The predicted octanol–water partition coefficient (Wildman–Crippen LogP) is 4.21. The third-order valence-electron chi connectivity index (χ3n) is 4.23. The van der Waals surface area contributed by atoms with Gasteiger partial charge in [0, 0.05) is 11.6 Å². The predicted molar refractivity (Wildman–Crippen MR) is 108 cm³/mol. The van der Waals surface area contributed by atoms with Gasteiger partial charge in [0.1, 0.15) is 30.4 Å². The molecule has 140 valence electrons. The van der Waals surface area contributed by atoms with Gasteiger partial charge in [0.15, 0.2) is 5.82 Å². The average molecular weight is 372 g/mol. The number of nitrogens with one attached hydrogen (secondary N) is 1. The van der Waals surface area contributed by atoms with Gasteiger partial charge in [-0.3, -0.25) is 0 Å². The fourth-order valence-corrected chi connectivity index (χ4v) is 2.81. The molecule has 6 heteroatoms. The molecule has 0 fully saturated rings. The fourth-order valence-electron chi connectivity index (χ4n) is 2.81. The third kappa shape index (κ3) is 4.29. The zero-order valence-electron chi connectivity index (χ0n) is 15.2. The zero-order chi connectivity index (χ0) is 19.2. The van der Waals surface area contributed by atoms with Crippen molar-refractivity contribution in [3.63, 3.8) is 0 Å². The lowest BCUT2D eigenvalue weighted by molar-refractivity contribution is 0.290. The third-order valence-corrected chi connectivity index (χ3v) is 4.23. The van der Waals surface area contributed by atoms with Crippen LogP contribution in [-0.4, -0.2) is 15.4 Å². The molecular weight excluding hydrogens is 352 g/mol. The van der Waals surface area contributed by atoms with Crippen molar-refractivity contribution in [1.82, 2.24) is 15.4 Å². The number of hydrogen-bond acceptors (Lipinski definition) is 5. The molecule has 0 amide bonds. The summed E-state index contributed by atoms with van der Waals surface area (Å²) in [5.74, 6) is 1.67. The van der Waals surface area contributed by atoms with Crippen molar-refractivity contribution in [2.75, 3.05) is 5.73 Å². The highest BCUT2D eigenvalue weighted by atomic mass is 16.5. The summed E-state index contributed by atoms with van der Waals surface area (Å²) in [6.07, 6.45) is 0. The van der Waals surface area contributed by atoms with Crippen LogP contribution in [0.2, 0.25) is 0 Å². The first-order valence-corrected chi connectivity index (χ1v) is 8.93. The van der Waals surface area contributed by atoms with Crippen molar-refractivity contribution in [1.29, 1.82) is 0 Å². The van der Waals surface area contributed by atoms with Crippen molar-refractivity contribution < 1.29 is 9.47 Å². The van der Waals surface area contributed by atoms with Crippen LogP contribution in [-0.2, 0) is 13.2 Å². The van der Waals surface area contributed by atoms with Gasteiger partial charge in [-0.15, -0.1) is 5.10 Å². The molecule has 0 unspecified atom stereocenters. The number of nitrogens with two attached hydrogens (primary N) is 1. The molecule has 0 spiro atoms. The maximum Gasteiger partial charge on any atom is 0.173 e. The first-order chi connectivity index (χ1) is 13.8. The van der Waals surface area contributed by atoms with E-state index in [4.69, 9.17) is 15.2 Å². The van der Waals surface area contributed by atoms with Crippen LogP contribution in [0.3, 0.4) is 0 Å². The van der Waals surface area contributed by atoms with Crippen molar-refractivity contribution in [2.24, 2.45) is 0 Å². The van der Waals surface area contributed by atoms with Crippen LogP contribution in [0, 0.1) is 0 Å². The number of benzene rings is 3. The molecule has 0 aliphatic carbocycles. The van der Waals surface area contributed by atoms with E-state index < -0.39 is 0 Å². The summed E-state index contributed by atoms with van der Waals surface area (Å²) in [6, 6.07) is 25.6. The monoisotopic (exact) mass is 372 g/mol. The second-order valence-corrected chi connectivity index (χ2v) is 6.30. The van der Waals surface area contributed by atoms with Gasteiger partial charge < -0.3 is 15.2 Å². The van der Waals surface area contributed by atoms with E-state index in [2.05, 4.69) is 15.4 Å². The summed E-state index contributed by atoms with van der Waals surface area (Å²) >= 11 is 0. The lowest BCUT2D eigenvalue weighted by Gasteiger charge is -2.12. The Morgan fingerprint density at radius 2 is 1.25 bits per heavy atom. The van der Waals surface area contributed by atoms with Crippen LogP contribution >= 0.6 is 0 Å². The maximum absolute atomic E-state index is 5.98. The van der Waals surface area contributed by atoms with Crippen LogP contribution in [0.15, 0.2) is 78.9 Å². The minimum absolute atomic E-state index is 0.328. The molecule has 0 aliphatic rings. The summed E-state index contributed by atoms with van der Waals surface area (Å²) < 4.78 is 12.0. The van der Waals surface area contributed by atoms with E-state index in [-0.39, 0.29) is 0 Å². The van der Waals surface area contributed by atoms with Gasteiger partial charge in [-0.05, 0) is 23.3 Å². The van der Waals surface area contributed by atoms with Crippen molar-refractivity contribution in [3.8, 4) is 22.8 Å². The maximum atomic E-state index is 5.98. The molecule has 4 aromatic rings. The number of hydrogen-bond donors (Lipinski definition) is 2. The Bertz CT molecular complexity index is 971. The quantitative estimate of drug-likeness (QED) is 0.507. The fraction of sp³-hybridized carbons (Fsp3) is 0.0909. The van der Waals surface area contributed by atoms with Crippen LogP contribution in [0.1, 0.15) is 11.1 Å². The van der Waals surface area contributed by atoms with Gasteiger partial charge in [-0.25, -0.2) is 0 Å². The first kappa shape index (κ1) is 17.6. The molecule has 0 aliphatic heterocycles. The normalized spacial score (nSPS) is 10.6. The number of anilines is 1. The van der Waals surface area contributed by atoms with Gasteiger partial charge in [-0.1, -0.05) is 60.7 Å². The highest BCUT2D eigenvalue weighted by Gasteiger charge is 2.12. The van der Waals surface area contributed by atoms with Crippen molar-refractivity contribution in [2.45, 2.75) is 13.2 Å². The highest BCUT2D eigenvalue weighted by Crippen LogP contribution is 2.31. The number of nitrogen functional groups attached to an aromatic ring is 1. The first-order valence-electron chi connectivity index (χ1n) is 8.93. The Labute approximate surface area is 162 Å². The molecule has 6 nitrogen and oxygen atoms in total. The van der Waals surface area contributed by atoms with Gasteiger partial charge in [-0.2, -0.15) is 10.3 Å². The molecule has 0 saturated carbocycles. The zero-order valence-corrected chi connectivity index (χ0v) is 15.2. The Morgan fingerprint density at radius 1 is 0.714 bits per heavy atom. The van der Waals surface area contributed by atoms with E-state index in [1.807, 2.05) is 78.9 Å². The molecule has 0 saturated heterocycles. The Kier molecular flexibility index (Phi) is 5.20. The lowest BCUT2D eigenvalue weighted by Crippen LogP contribution is -1.99. The van der Waals surface area contributed by atoms with Crippen molar-refractivity contribution >= 4 is 5.82 Å². The Hall–Kier alpha value is -3.80. The second-order valence-electron chi connectivity index (χ2n) is 6.30. The minimum atomic E-state index is 0.328. The summed E-state index contributed by atoms with van der Waals surface area (Å²) in [4.78, 5) is 0. The van der Waals surface area contributed by atoms with Crippen LogP contribution in [0.25, 0.3) is 11.3 Å².